The number of aryl methyl sites for hydroxylation is 1. The van der Waals surface area contributed by atoms with Gasteiger partial charge in [-0.15, -0.1) is 0 Å². The van der Waals surface area contributed by atoms with E-state index in [1.54, 1.807) is 30.3 Å². The number of ether oxygens (including phenoxy) is 1. The number of hydrazone groups is 1. The Morgan fingerprint density at radius 1 is 1.32 bits per heavy atom. The van der Waals surface area contributed by atoms with Gasteiger partial charge in [-0.05, 0) is 42.3 Å². The van der Waals surface area contributed by atoms with Gasteiger partial charge in [0.1, 0.15) is 5.75 Å². The van der Waals surface area contributed by atoms with Crippen LogP contribution in [0.4, 0.5) is 0 Å². The van der Waals surface area contributed by atoms with Crippen LogP contribution in [-0.4, -0.2) is 18.7 Å². The summed E-state index contributed by atoms with van der Waals surface area (Å²) in [6.07, 6.45) is 1.51. The second-order valence-electron chi connectivity index (χ2n) is 4.63. The van der Waals surface area contributed by atoms with E-state index in [1.165, 1.54) is 6.21 Å². The molecular formula is C17H15N3O2. The molecule has 2 aromatic rings. The van der Waals surface area contributed by atoms with Gasteiger partial charge in [-0.25, -0.2) is 5.43 Å². The number of amides is 1. The molecule has 0 saturated heterocycles. The molecule has 0 bridgehead atoms. The van der Waals surface area contributed by atoms with Crippen LogP contribution in [0.3, 0.4) is 0 Å². The number of benzene rings is 2. The van der Waals surface area contributed by atoms with Crippen LogP contribution in [0.5, 0.6) is 5.75 Å². The molecule has 1 N–H and O–H groups in total. The van der Waals surface area contributed by atoms with Crippen molar-refractivity contribution < 1.29 is 9.53 Å². The van der Waals surface area contributed by atoms with E-state index in [9.17, 15) is 4.79 Å². The minimum atomic E-state index is -0.341. The van der Waals surface area contributed by atoms with Gasteiger partial charge in [0.05, 0.1) is 17.8 Å². The maximum atomic E-state index is 11.6. The molecule has 2 rings (SSSR count). The molecule has 0 fully saturated rings. The first-order valence-corrected chi connectivity index (χ1v) is 6.69. The highest BCUT2D eigenvalue weighted by Crippen LogP contribution is 2.11. The highest BCUT2D eigenvalue weighted by atomic mass is 16.5. The van der Waals surface area contributed by atoms with E-state index in [-0.39, 0.29) is 12.5 Å². The molecule has 5 nitrogen and oxygen atoms in total. The Morgan fingerprint density at radius 3 is 2.77 bits per heavy atom. The number of rotatable bonds is 5. The summed E-state index contributed by atoms with van der Waals surface area (Å²) in [4.78, 5) is 11.6. The lowest BCUT2D eigenvalue weighted by atomic mass is 10.2. The molecule has 110 valence electrons. The third-order valence-corrected chi connectivity index (χ3v) is 2.80. The van der Waals surface area contributed by atoms with Crippen molar-refractivity contribution in [3.8, 4) is 11.8 Å². The van der Waals surface area contributed by atoms with Crippen LogP contribution in [0.15, 0.2) is 53.6 Å². The standard InChI is InChI=1S/C17H15N3O2/c1-13-3-2-4-16(9-13)22-12-17(21)20-19-11-15-7-5-14(10-18)6-8-15/h2-9,11H,12H2,1H3,(H,20,21). The van der Waals surface area contributed by atoms with Gasteiger partial charge in [-0.1, -0.05) is 24.3 Å². The van der Waals surface area contributed by atoms with Crippen LogP contribution in [0.2, 0.25) is 0 Å². The van der Waals surface area contributed by atoms with Crippen LogP contribution < -0.4 is 10.2 Å². The number of hydrogen-bond donors (Lipinski definition) is 1. The molecule has 5 heteroatoms. The predicted molar refractivity (Wildman–Crippen MR) is 83.6 cm³/mol. The molecular weight excluding hydrogens is 278 g/mol. The number of carbonyl (C=O) groups is 1. The van der Waals surface area contributed by atoms with E-state index in [0.717, 1.165) is 11.1 Å². The molecule has 0 unspecified atom stereocenters. The van der Waals surface area contributed by atoms with Gasteiger partial charge in [0.2, 0.25) is 0 Å². The summed E-state index contributed by atoms with van der Waals surface area (Å²) in [5.41, 5.74) is 4.82. The first kappa shape index (κ1) is 15.3. The van der Waals surface area contributed by atoms with Crippen molar-refractivity contribution in [2.45, 2.75) is 6.92 Å². The lowest BCUT2D eigenvalue weighted by Crippen LogP contribution is -2.24. The molecule has 0 spiro atoms. The van der Waals surface area contributed by atoms with Gasteiger partial charge in [0.15, 0.2) is 6.61 Å². The maximum Gasteiger partial charge on any atom is 0.277 e. The van der Waals surface area contributed by atoms with Gasteiger partial charge in [0, 0.05) is 0 Å². The Balaban J connectivity index is 1.79. The normalized spacial score (nSPS) is 10.2. The molecule has 0 heterocycles. The fourth-order valence-electron chi connectivity index (χ4n) is 1.71. The Kier molecular flexibility index (Phi) is 5.27. The van der Waals surface area contributed by atoms with Gasteiger partial charge < -0.3 is 4.74 Å². The second kappa shape index (κ2) is 7.60. The van der Waals surface area contributed by atoms with Crippen molar-refractivity contribution in [3.05, 3.63) is 65.2 Å². The third-order valence-electron chi connectivity index (χ3n) is 2.80. The summed E-state index contributed by atoms with van der Waals surface area (Å²) >= 11 is 0. The monoisotopic (exact) mass is 293 g/mol. The minimum Gasteiger partial charge on any atom is -0.484 e. The zero-order valence-electron chi connectivity index (χ0n) is 12.1. The number of hydrogen-bond acceptors (Lipinski definition) is 4. The third kappa shape index (κ3) is 4.76. The van der Waals surface area contributed by atoms with Crippen molar-refractivity contribution >= 4 is 12.1 Å². The van der Waals surface area contributed by atoms with Crippen molar-refractivity contribution in [2.75, 3.05) is 6.61 Å². The number of nitrogens with zero attached hydrogens (tertiary/aromatic N) is 2. The molecule has 0 saturated carbocycles. The number of carbonyl (C=O) groups excluding carboxylic acids is 1. The van der Waals surface area contributed by atoms with Crippen LogP contribution in [0, 0.1) is 18.3 Å². The van der Waals surface area contributed by atoms with Crippen molar-refractivity contribution in [3.63, 3.8) is 0 Å². The first-order valence-electron chi connectivity index (χ1n) is 6.69. The van der Waals surface area contributed by atoms with E-state index < -0.39 is 0 Å². The Labute approximate surface area is 128 Å². The molecule has 1 amide bonds. The summed E-state index contributed by atoms with van der Waals surface area (Å²) in [7, 11) is 0. The van der Waals surface area contributed by atoms with Crippen molar-refractivity contribution in [1.29, 1.82) is 5.26 Å². The van der Waals surface area contributed by atoms with E-state index in [0.29, 0.717) is 11.3 Å². The van der Waals surface area contributed by atoms with Crippen LogP contribution >= 0.6 is 0 Å². The Hall–Kier alpha value is -3.13. The Morgan fingerprint density at radius 2 is 2.09 bits per heavy atom. The van der Waals surface area contributed by atoms with Crippen LogP contribution in [0.1, 0.15) is 16.7 Å². The second-order valence-corrected chi connectivity index (χ2v) is 4.63. The molecule has 0 aliphatic carbocycles. The summed E-state index contributed by atoms with van der Waals surface area (Å²) in [5.74, 6) is 0.303. The minimum absolute atomic E-state index is 0.103. The topological polar surface area (TPSA) is 74.5 Å². The molecule has 0 radical (unpaired) electrons. The molecule has 2 aromatic carbocycles. The van der Waals surface area contributed by atoms with Gasteiger partial charge in [-0.2, -0.15) is 10.4 Å². The summed E-state index contributed by atoms with van der Waals surface area (Å²) < 4.78 is 5.36. The van der Waals surface area contributed by atoms with Crippen LogP contribution in [0.25, 0.3) is 0 Å². The average Bonchev–Trinajstić information content (AvgIpc) is 2.54. The largest absolute Gasteiger partial charge is 0.484 e. The smallest absolute Gasteiger partial charge is 0.277 e. The van der Waals surface area contributed by atoms with E-state index in [1.807, 2.05) is 31.2 Å². The van der Waals surface area contributed by atoms with E-state index >= 15 is 0 Å². The van der Waals surface area contributed by atoms with E-state index in [2.05, 4.69) is 10.5 Å². The molecule has 22 heavy (non-hydrogen) atoms. The number of nitriles is 1. The summed E-state index contributed by atoms with van der Waals surface area (Å²) in [5, 5.41) is 12.5. The van der Waals surface area contributed by atoms with Gasteiger partial charge in [0.25, 0.3) is 5.91 Å². The van der Waals surface area contributed by atoms with Gasteiger partial charge in [-0.3, -0.25) is 4.79 Å². The lowest BCUT2D eigenvalue weighted by Gasteiger charge is -2.05. The molecule has 0 atom stereocenters. The maximum absolute atomic E-state index is 11.6. The van der Waals surface area contributed by atoms with E-state index in [4.69, 9.17) is 10.00 Å². The Bertz CT molecular complexity index is 715. The lowest BCUT2D eigenvalue weighted by molar-refractivity contribution is -0.123. The first-order chi connectivity index (χ1) is 10.7. The highest BCUT2D eigenvalue weighted by molar-refractivity contribution is 5.83. The van der Waals surface area contributed by atoms with Crippen molar-refractivity contribution in [1.82, 2.24) is 5.43 Å². The number of nitrogens with one attached hydrogen (secondary N) is 1. The summed E-state index contributed by atoms with van der Waals surface area (Å²) in [6, 6.07) is 16.4. The zero-order chi connectivity index (χ0) is 15.8. The molecule has 0 aliphatic rings. The zero-order valence-corrected chi connectivity index (χ0v) is 12.1. The SMILES string of the molecule is Cc1cccc(OCC(=O)NN=Cc2ccc(C#N)cc2)c1. The molecule has 0 aromatic heterocycles. The van der Waals surface area contributed by atoms with Crippen LogP contribution in [-0.2, 0) is 4.79 Å². The fourth-order valence-corrected chi connectivity index (χ4v) is 1.71. The average molecular weight is 293 g/mol. The molecule has 0 aliphatic heterocycles. The fraction of sp³-hybridized carbons (Fsp3) is 0.118. The van der Waals surface area contributed by atoms with Gasteiger partial charge >= 0.3 is 0 Å². The van der Waals surface area contributed by atoms with Crippen molar-refractivity contribution in [2.24, 2.45) is 5.10 Å². The quantitative estimate of drug-likeness (QED) is 0.679. The highest BCUT2D eigenvalue weighted by Gasteiger charge is 2.01. The summed E-state index contributed by atoms with van der Waals surface area (Å²) in [6.45, 7) is 1.85. The predicted octanol–water partition coefficient (Wildman–Crippen LogP) is 2.40.